The van der Waals surface area contributed by atoms with Crippen molar-refractivity contribution >= 4 is 5.91 Å². The lowest BCUT2D eigenvalue weighted by atomic mass is 9.89. The molecule has 2 N–H and O–H groups in total. The molecule has 5 nitrogen and oxygen atoms in total. The predicted octanol–water partition coefficient (Wildman–Crippen LogP) is 3.69. The highest BCUT2D eigenvalue weighted by molar-refractivity contribution is 5.94. The molecule has 1 aliphatic heterocycles. The van der Waals surface area contributed by atoms with Gasteiger partial charge in [0.1, 0.15) is 0 Å². The van der Waals surface area contributed by atoms with Crippen LogP contribution in [-0.2, 0) is 0 Å². The van der Waals surface area contributed by atoms with Crippen molar-refractivity contribution < 1.29 is 4.79 Å². The second-order valence-electron chi connectivity index (χ2n) is 7.33. The molecule has 2 heterocycles. The topological polar surface area (TPSA) is 61.0 Å². The number of carbonyl (C=O) groups excluding carboxylic acids is 1. The van der Waals surface area contributed by atoms with Crippen LogP contribution in [0.25, 0.3) is 11.3 Å². The van der Waals surface area contributed by atoms with Crippen LogP contribution in [0.3, 0.4) is 0 Å². The molecule has 4 rings (SSSR count). The number of hydrogen-bond acceptors (Lipinski definition) is 3. The average Bonchev–Trinajstić information content (AvgIpc) is 3.30. The van der Waals surface area contributed by atoms with Crippen LogP contribution in [0.5, 0.6) is 0 Å². The van der Waals surface area contributed by atoms with Crippen molar-refractivity contribution in [1.82, 2.24) is 20.4 Å². The minimum atomic E-state index is -0.0182. The minimum absolute atomic E-state index is 0.0182. The van der Waals surface area contributed by atoms with Crippen LogP contribution in [-0.4, -0.2) is 47.2 Å². The molecule has 1 amide bonds. The van der Waals surface area contributed by atoms with Gasteiger partial charge in [-0.2, -0.15) is 5.10 Å². The largest absolute Gasteiger partial charge is 0.351 e. The quantitative estimate of drug-likeness (QED) is 0.692. The van der Waals surface area contributed by atoms with Crippen molar-refractivity contribution in [3.05, 3.63) is 78.0 Å². The van der Waals surface area contributed by atoms with E-state index in [0.29, 0.717) is 18.0 Å². The zero-order valence-corrected chi connectivity index (χ0v) is 16.0. The summed E-state index contributed by atoms with van der Waals surface area (Å²) < 4.78 is 0. The van der Waals surface area contributed by atoms with E-state index in [1.807, 2.05) is 30.3 Å². The molecule has 1 fully saturated rings. The van der Waals surface area contributed by atoms with Crippen LogP contribution >= 0.6 is 0 Å². The van der Waals surface area contributed by atoms with E-state index < -0.39 is 0 Å². The molecular weight excluding hydrogens is 348 g/mol. The number of carbonyl (C=O) groups is 1. The number of rotatable bonds is 6. The zero-order valence-electron chi connectivity index (χ0n) is 16.0. The number of aromatic nitrogens is 2. The maximum atomic E-state index is 12.4. The summed E-state index contributed by atoms with van der Waals surface area (Å²) in [5, 5.41) is 9.93. The van der Waals surface area contributed by atoms with Crippen molar-refractivity contribution in [3.63, 3.8) is 0 Å². The zero-order chi connectivity index (χ0) is 19.2. The number of likely N-dealkylation sites (tertiary alicyclic amines) is 1. The molecule has 0 bridgehead atoms. The first kappa shape index (κ1) is 18.4. The van der Waals surface area contributed by atoms with Gasteiger partial charge in [0.05, 0.1) is 5.69 Å². The van der Waals surface area contributed by atoms with Gasteiger partial charge in [0.15, 0.2) is 0 Å². The molecule has 0 atom stereocenters. The summed E-state index contributed by atoms with van der Waals surface area (Å²) in [7, 11) is 0. The van der Waals surface area contributed by atoms with Crippen LogP contribution < -0.4 is 5.32 Å². The highest BCUT2D eigenvalue weighted by Crippen LogP contribution is 2.27. The maximum absolute atomic E-state index is 12.4. The first-order chi connectivity index (χ1) is 13.8. The predicted molar refractivity (Wildman–Crippen MR) is 111 cm³/mol. The van der Waals surface area contributed by atoms with Gasteiger partial charge in [-0.3, -0.25) is 9.89 Å². The molecule has 0 unspecified atom stereocenters. The van der Waals surface area contributed by atoms with E-state index in [2.05, 4.69) is 50.7 Å². The Morgan fingerprint density at radius 1 is 1.04 bits per heavy atom. The van der Waals surface area contributed by atoms with E-state index in [1.54, 1.807) is 6.20 Å². The van der Waals surface area contributed by atoms with Crippen LogP contribution in [0.4, 0.5) is 0 Å². The van der Waals surface area contributed by atoms with Gasteiger partial charge in [-0.05, 0) is 61.2 Å². The molecule has 3 aromatic rings. The fourth-order valence-electron chi connectivity index (χ4n) is 3.86. The van der Waals surface area contributed by atoms with E-state index in [9.17, 15) is 4.79 Å². The van der Waals surface area contributed by atoms with Crippen molar-refractivity contribution in [2.45, 2.75) is 18.8 Å². The van der Waals surface area contributed by atoms with E-state index in [1.165, 1.54) is 18.4 Å². The van der Waals surface area contributed by atoms with Gasteiger partial charge in [0.2, 0.25) is 0 Å². The van der Waals surface area contributed by atoms with Gasteiger partial charge < -0.3 is 10.2 Å². The molecule has 0 saturated carbocycles. The Kier molecular flexibility index (Phi) is 5.83. The third-order valence-electron chi connectivity index (χ3n) is 5.53. The Morgan fingerprint density at radius 3 is 2.46 bits per heavy atom. The van der Waals surface area contributed by atoms with E-state index in [-0.39, 0.29) is 5.91 Å². The van der Waals surface area contributed by atoms with E-state index >= 15 is 0 Å². The third-order valence-corrected chi connectivity index (χ3v) is 5.53. The van der Waals surface area contributed by atoms with Gasteiger partial charge in [0.25, 0.3) is 5.91 Å². The second kappa shape index (κ2) is 8.85. The summed E-state index contributed by atoms with van der Waals surface area (Å²) in [4.78, 5) is 14.8. The van der Waals surface area contributed by atoms with Gasteiger partial charge in [0, 0.05) is 24.8 Å². The molecule has 1 saturated heterocycles. The van der Waals surface area contributed by atoms with Crippen LogP contribution in [0.1, 0.15) is 34.7 Å². The first-order valence-electron chi connectivity index (χ1n) is 9.95. The second-order valence-corrected chi connectivity index (χ2v) is 7.33. The summed E-state index contributed by atoms with van der Waals surface area (Å²) in [5.74, 6) is 0.649. The lowest BCUT2D eigenvalue weighted by Crippen LogP contribution is -2.39. The number of hydrogen-bond donors (Lipinski definition) is 2. The van der Waals surface area contributed by atoms with Crippen molar-refractivity contribution in [1.29, 1.82) is 0 Å². The molecule has 5 heteroatoms. The summed E-state index contributed by atoms with van der Waals surface area (Å²) in [5.41, 5.74) is 4.11. The number of H-pyrrole nitrogens is 1. The molecular formula is C23H26N4O. The fourth-order valence-corrected chi connectivity index (χ4v) is 3.86. The number of piperidine rings is 1. The Hall–Kier alpha value is -2.92. The Morgan fingerprint density at radius 2 is 1.79 bits per heavy atom. The minimum Gasteiger partial charge on any atom is -0.351 e. The molecule has 0 aliphatic carbocycles. The monoisotopic (exact) mass is 374 g/mol. The highest BCUT2D eigenvalue weighted by atomic mass is 16.1. The van der Waals surface area contributed by atoms with E-state index in [4.69, 9.17) is 0 Å². The summed E-state index contributed by atoms with van der Waals surface area (Å²) in [6, 6.07) is 20.3. The number of nitrogens with zero attached hydrogens (tertiary/aromatic N) is 2. The van der Waals surface area contributed by atoms with Gasteiger partial charge in [-0.1, -0.05) is 42.5 Å². The molecule has 28 heavy (non-hydrogen) atoms. The fraction of sp³-hybridized carbons (Fsp3) is 0.304. The van der Waals surface area contributed by atoms with E-state index in [0.717, 1.165) is 30.9 Å². The van der Waals surface area contributed by atoms with Gasteiger partial charge in [-0.25, -0.2) is 0 Å². The lowest BCUT2D eigenvalue weighted by molar-refractivity contribution is 0.0946. The normalized spacial score (nSPS) is 15.4. The average molecular weight is 374 g/mol. The number of benzene rings is 2. The Balaban J connectivity index is 1.21. The molecule has 1 aliphatic rings. The van der Waals surface area contributed by atoms with Crippen molar-refractivity contribution in [3.8, 4) is 11.3 Å². The van der Waals surface area contributed by atoms with Crippen LogP contribution in [0.2, 0.25) is 0 Å². The highest BCUT2D eigenvalue weighted by Gasteiger charge is 2.20. The summed E-state index contributed by atoms with van der Waals surface area (Å²) in [6.07, 6.45) is 4.10. The Labute approximate surface area is 165 Å². The Bertz CT molecular complexity index is 867. The summed E-state index contributed by atoms with van der Waals surface area (Å²) in [6.45, 7) is 3.76. The first-order valence-corrected chi connectivity index (χ1v) is 9.95. The SMILES string of the molecule is O=C(NCCN1CCC(c2ccccc2)CC1)c1ccc(-c2ccn[nH]2)cc1. The lowest BCUT2D eigenvalue weighted by Gasteiger charge is -2.32. The molecule has 2 aromatic carbocycles. The molecule has 1 aromatic heterocycles. The van der Waals surface area contributed by atoms with Gasteiger partial charge in [-0.15, -0.1) is 0 Å². The van der Waals surface area contributed by atoms with Gasteiger partial charge >= 0.3 is 0 Å². The summed E-state index contributed by atoms with van der Waals surface area (Å²) >= 11 is 0. The maximum Gasteiger partial charge on any atom is 0.251 e. The molecule has 0 spiro atoms. The number of amides is 1. The third kappa shape index (κ3) is 4.49. The smallest absolute Gasteiger partial charge is 0.251 e. The van der Waals surface area contributed by atoms with Crippen molar-refractivity contribution in [2.24, 2.45) is 0 Å². The molecule has 0 radical (unpaired) electrons. The standard InChI is InChI=1S/C23H26N4O/c28-23(21-8-6-20(7-9-21)22-10-13-25-26-22)24-14-17-27-15-11-19(12-16-27)18-4-2-1-3-5-18/h1-10,13,19H,11-12,14-17H2,(H,24,28)(H,25,26). The number of aromatic amines is 1. The molecule has 144 valence electrons. The van der Waals surface area contributed by atoms with Crippen molar-refractivity contribution in [2.75, 3.05) is 26.2 Å². The van der Waals surface area contributed by atoms with Crippen LogP contribution in [0.15, 0.2) is 66.9 Å². The van der Waals surface area contributed by atoms with Crippen LogP contribution in [0, 0.1) is 0 Å². The number of nitrogens with one attached hydrogen (secondary N) is 2.